The molecule has 3 nitrogen and oxygen atoms in total. The molecule has 1 aromatic heterocycles. The van der Waals surface area contributed by atoms with Gasteiger partial charge < -0.3 is 5.11 Å². The van der Waals surface area contributed by atoms with Crippen molar-refractivity contribution in [3.63, 3.8) is 0 Å². The van der Waals surface area contributed by atoms with Gasteiger partial charge in [0.2, 0.25) is 0 Å². The average molecular weight is 303 g/mol. The Morgan fingerprint density at radius 1 is 1.44 bits per heavy atom. The molecule has 1 saturated heterocycles. The molecule has 0 amide bonds. The second kappa shape index (κ2) is 5.43. The Balaban J connectivity index is 2.22. The molecule has 2 unspecified atom stereocenters. The predicted octanol–water partition coefficient (Wildman–Crippen LogP) is 3.41. The Labute approximate surface area is 120 Å². The molecular weight excluding hydrogens is 286 g/mol. The van der Waals surface area contributed by atoms with Crippen LogP contribution >= 0.6 is 34.9 Å². The number of nitrogens with zero attached hydrogens (tertiary/aromatic N) is 1. The van der Waals surface area contributed by atoms with Crippen molar-refractivity contribution in [2.24, 2.45) is 0 Å². The summed E-state index contributed by atoms with van der Waals surface area (Å²) in [7, 11) is 0. The van der Waals surface area contributed by atoms with E-state index in [0.717, 1.165) is 10.8 Å². The molecule has 1 aliphatic rings. The molecule has 18 heavy (non-hydrogen) atoms. The van der Waals surface area contributed by atoms with Gasteiger partial charge in [0, 0.05) is 22.1 Å². The van der Waals surface area contributed by atoms with Crippen LogP contribution in [0.1, 0.15) is 36.7 Å². The molecule has 1 fully saturated rings. The highest BCUT2D eigenvalue weighted by Crippen LogP contribution is 2.44. The van der Waals surface area contributed by atoms with E-state index in [0.29, 0.717) is 16.2 Å². The smallest absolute Gasteiger partial charge is 0.315 e. The van der Waals surface area contributed by atoms with Crippen LogP contribution in [0.25, 0.3) is 0 Å². The van der Waals surface area contributed by atoms with Gasteiger partial charge in [-0.05, 0) is 13.8 Å². The maximum absolute atomic E-state index is 11.2. The van der Waals surface area contributed by atoms with Gasteiger partial charge in [-0.3, -0.25) is 4.79 Å². The first-order chi connectivity index (χ1) is 8.43. The van der Waals surface area contributed by atoms with Crippen LogP contribution in [0.4, 0.5) is 0 Å². The van der Waals surface area contributed by atoms with Gasteiger partial charge in [-0.2, -0.15) is 11.8 Å². The molecule has 1 aliphatic heterocycles. The lowest BCUT2D eigenvalue weighted by Gasteiger charge is -2.26. The highest BCUT2D eigenvalue weighted by molar-refractivity contribution is 8.06. The molecule has 0 aromatic carbocycles. The Bertz CT molecular complexity index is 444. The fraction of sp³-hybridized carbons (Fsp3) is 0.667. The molecule has 1 aromatic rings. The van der Waals surface area contributed by atoms with Crippen LogP contribution in [-0.2, 0) is 10.2 Å². The van der Waals surface area contributed by atoms with Gasteiger partial charge in [0.05, 0.1) is 10.9 Å². The monoisotopic (exact) mass is 303 g/mol. The van der Waals surface area contributed by atoms with Crippen molar-refractivity contribution in [2.45, 2.75) is 36.7 Å². The van der Waals surface area contributed by atoms with E-state index in [4.69, 9.17) is 0 Å². The fourth-order valence-electron chi connectivity index (χ4n) is 1.72. The predicted molar refractivity (Wildman–Crippen MR) is 79.9 cm³/mol. The third-order valence-electron chi connectivity index (χ3n) is 3.13. The molecule has 100 valence electrons. The van der Waals surface area contributed by atoms with Crippen LogP contribution in [0.5, 0.6) is 0 Å². The summed E-state index contributed by atoms with van der Waals surface area (Å²) in [6, 6.07) is 0. The van der Waals surface area contributed by atoms with E-state index in [9.17, 15) is 9.90 Å². The van der Waals surface area contributed by atoms with E-state index >= 15 is 0 Å². The summed E-state index contributed by atoms with van der Waals surface area (Å²) in [6.45, 7) is 5.64. The van der Waals surface area contributed by atoms with Gasteiger partial charge in [-0.15, -0.1) is 23.1 Å². The number of carboxylic acids is 1. The molecule has 0 saturated carbocycles. The van der Waals surface area contributed by atoms with Crippen LogP contribution in [0.3, 0.4) is 0 Å². The highest BCUT2D eigenvalue weighted by Gasteiger charge is 2.34. The number of aliphatic carboxylic acids is 1. The van der Waals surface area contributed by atoms with E-state index in [1.54, 1.807) is 25.2 Å². The molecule has 2 rings (SSSR count). The zero-order chi connectivity index (χ0) is 13.3. The second-order valence-electron chi connectivity index (χ2n) is 4.87. The number of hydrogen-bond acceptors (Lipinski definition) is 5. The number of thioether (sulfide) groups is 2. The van der Waals surface area contributed by atoms with Crippen LogP contribution in [0.15, 0.2) is 5.38 Å². The van der Waals surface area contributed by atoms with E-state index in [-0.39, 0.29) is 0 Å². The largest absolute Gasteiger partial charge is 0.481 e. The first-order valence-electron chi connectivity index (χ1n) is 5.85. The Morgan fingerprint density at radius 3 is 2.72 bits per heavy atom. The topological polar surface area (TPSA) is 50.2 Å². The average Bonchev–Trinajstić information content (AvgIpc) is 2.79. The van der Waals surface area contributed by atoms with Crippen molar-refractivity contribution in [1.29, 1.82) is 0 Å². The first-order valence-corrected chi connectivity index (χ1v) is 8.83. The summed E-state index contributed by atoms with van der Waals surface area (Å²) in [5.41, 5.74) is -0.219. The number of carbonyl (C=O) groups is 1. The number of rotatable bonds is 3. The molecule has 2 heterocycles. The van der Waals surface area contributed by atoms with E-state index in [2.05, 4.69) is 11.9 Å². The second-order valence-corrected chi connectivity index (χ2v) is 8.49. The lowest BCUT2D eigenvalue weighted by molar-refractivity contribution is -0.142. The molecule has 2 atom stereocenters. The summed E-state index contributed by atoms with van der Waals surface area (Å²) in [6.07, 6.45) is 0. The summed E-state index contributed by atoms with van der Waals surface area (Å²) in [5.74, 6) is 1.52. The molecular formula is C12H17NO2S3. The zero-order valence-electron chi connectivity index (χ0n) is 10.7. The minimum atomic E-state index is -0.898. The fourth-order valence-corrected chi connectivity index (χ4v) is 5.88. The van der Waals surface area contributed by atoms with Gasteiger partial charge in [0.15, 0.2) is 0 Å². The van der Waals surface area contributed by atoms with Crippen molar-refractivity contribution < 1.29 is 9.90 Å². The molecule has 0 spiro atoms. The SMILES string of the molecule is CC1SCCSC1c1nc(C(C)(C)C(=O)O)cs1. The summed E-state index contributed by atoms with van der Waals surface area (Å²) < 4.78 is 0. The first kappa shape index (κ1) is 14.2. The summed E-state index contributed by atoms with van der Waals surface area (Å²) in [5, 5.41) is 13.2. The van der Waals surface area contributed by atoms with Crippen LogP contribution in [0, 0.1) is 0 Å². The number of thiazole rings is 1. The standard InChI is InChI=1S/C12H17NO2S3/c1-7-9(17-5-4-16-7)10-13-8(6-18-10)12(2,3)11(14)15/h6-7,9H,4-5H2,1-3H3,(H,14,15). The van der Waals surface area contributed by atoms with Crippen LogP contribution < -0.4 is 0 Å². The van der Waals surface area contributed by atoms with Crippen molar-refractivity contribution in [2.75, 3.05) is 11.5 Å². The highest BCUT2D eigenvalue weighted by atomic mass is 32.2. The van der Waals surface area contributed by atoms with E-state index in [1.807, 2.05) is 28.9 Å². The Morgan fingerprint density at radius 2 is 2.11 bits per heavy atom. The van der Waals surface area contributed by atoms with Crippen molar-refractivity contribution in [3.05, 3.63) is 16.1 Å². The number of aromatic nitrogens is 1. The Hall–Kier alpha value is -0.200. The maximum atomic E-state index is 11.2. The summed E-state index contributed by atoms with van der Waals surface area (Å²) >= 11 is 5.51. The quantitative estimate of drug-likeness (QED) is 0.927. The molecule has 0 radical (unpaired) electrons. The third kappa shape index (κ3) is 2.70. The normalized spacial score (nSPS) is 25.1. The maximum Gasteiger partial charge on any atom is 0.315 e. The zero-order valence-corrected chi connectivity index (χ0v) is 13.1. The van der Waals surface area contributed by atoms with Crippen molar-refractivity contribution >= 4 is 40.8 Å². The van der Waals surface area contributed by atoms with Gasteiger partial charge in [0.25, 0.3) is 0 Å². The number of hydrogen-bond donors (Lipinski definition) is 1. The van der Waals surface area contributed by atoms with Crippen molar-refractivity contribution in [1.82, 2.24) is 4.98 Å². The van der Waals surface area contributed by atoms with Crippen molar-refractivity contribution in [3.8, 4) is 0 Å². The molecule has 6 heteroatoms. The Kier molecular flexibility index (Phi) is 4.29. The molecule has 0 aliphatic carbocycles. The van der Waals surface area contributed by atoms with Gasteiger partial charge in [-0.25, -0.2) is 4.98 Å². The van der Waals surface area contributed by atoms with E-state index < -0.39 is 11.4 Å². The molecule has 0 bridgehead atoms. The third-order valence-corrected chi connectivity index (χ3v) is 7.30. The lowest BCUT2D eigenvalue weighted by Crippen LogP contribution is -2.29. The van der Waals surface area contributed by atoms with Crippen LogP contribution in [0.2, 0.25) is 0 Å². The lowest BCUT2D eigenvalue weighted by atomic mass is 9.90. The van der Waals surface area contributed by atoms with E-state index in [1.165, 1.54) is 5.75 Å². The van der Waals surface area contributed by atoms with Gasteiger partial charge >= 0.3 is 5.97 Å². The minimum absolute atomic E-state index is 0.409. The molecule has 1 N–H and O–H groups in total. The number of carboxylic acid groups (broad SMARTS) is 1. The summed E-state index contributed by atoms with van der Waals surface area (Å²) in [4.78, 5) is 15.8. The minimum Gasteiger partial charge on any atom is -0.481 e. The van der Waals surface area contributed by atoms with Crippen LogP contribution in [-0.4, -0.2) is 32.8 Å². The van der Waals surface area contributed by atoms with Gasteiger partial charge in [0.1, 0.15) is 10.4 Å². The van der Waals surface area contributed by atoms with Gasteiger partial charge in [-0.1, -0.05) is 6.92 Å².